The number of sulfonamides is 1. The van der Waals surface area contributed by atoms with Crippen LogP contribution in [0.2, 0.25) is 0 Å². The van der Waals surface area contributed by atoms with Gasteiger partial charge in [0.15, 0.2) is 0 Å². The van der Waals surface area contributed by atoms with Gasteiger partial charge in [0.1, 0.15) is 0 Å². The van der Waals surface area contributed by atoms with E-state index < -0.39 is 10.0 Å². The highest BCUT2D eigenvalue weighted by Gasteiger charge is 2.14. The summed E-state index contributed by atoms with van der Waals surface area (Å²) in [6.45, 7) is 3.89. The second-order valence-electron chi connectivity index (χ2n) is 5.17. The minimum absolute atomic E-state index is 0.262. The number of aromatic amines is 1. The van der Waals surface area contributed by atoms with Crippen molar-refractivity contribution >= 4 is 26.6 Å². The molecule has 0 atom stereocenters. The molecular weight excluding hydrogens is 284 g/mol. The third-order valence-corrected chi connectivity index (χ3v) is 4.74. The van der Waals surface area contributed by atoms with Crippen molar-refractivity contribution in [3.63, 3.8) is 0 Å². The number of aryl methyl sites for hydroxylation is 2. The van der Waals surface area contributed by atoms with Crippen LogP contribution in [-0.4, -0.2) is 13.4 Å². The van der Waals surface area contributed by atoms with Crippen molar-refractivity contribution in [1.82, 2.24) is 4.98 Å². The molecule has 4 nitrogen and oxygen atoms in total. The summed E-state index contributed by atoms with van der Waals surface area (Å²) >= 11 is 0. The van der Waals surface area contributed by atoms with Crippen molar-refractivity contribution in [2.75, 3.05) is 4.72 Å². The van der Waals surface area contributed by atoms with E-state index in [0.29, 0.717) is 5.69 Å². The summed E-state index contributed by atoms with van der Waals surface area (Å²) in [4.78, 5) is 3.47. The fraction of sp³-hybridized carbons (Fsp3) is 0.125. The zero-order chi connectivity index (χ0) is 15.0. The molecule has 0 amide bonds. The van der Waals surface area contributed by atoms with E-state index >= 15 is 0 Å². The van der Waals surface area contributed by atoms with Crippen LogP contribution in [0.4, 0.5) is 5.69 Å². The number of hydrogen-bond acceptors (Lipinski definition) is 2. The van der Waals surface area contributed by atoms with Crippen LogP contribution in [0.3, 0.4) is 0 Å². The van der Waals surface area contributed by atoms with Gasteiger partial charge in [0.2, 0.25) is 0 Å². The largest absolute Gasteiger partial charge is 0.359 e. The molecule has 0 bridgehead atoms. The van der Waals surface area contributed by atoms with Crippen molar-refractivity contribution in [3.05, 3.63) is 59.8 Å². The third kappa shape index (κ3) is 2.78. The van der Waals surface area contributed by atoms with Gasteiger partial charge in [-0.05, 0) is 50.2 Å². The third-order valence-electron chi connectivity index (χ3n) is 3.34. The molecule has 1 aromatic heterocycles. The number of fused-ring (bicyclic) bond motifs is 1. The number of aromatic nitrogens is 1. The summed E-state index contributed by atoms with van der Waals surface area (Å²) in [6, 6.07) is 14.2. The molecule has 0 aliphatic rings. The van der Waals surface area contributed by atoms with Crippen molar-refractivity contribution in [2.24, 2.45) is 0 Å². The van der Waals surface area contributed by atoms with Gasteiger partial charge in [-0.15, -0.1) is 0 Å². The van der Waals surface area contributed by atoms with Crippen LogP contribution in [-0.2, 0) is 10.0 Å². The fourth-order valence-electron chi connectivity index (χ4n) is 2.27. The van der Waals surface area contributed by atoms with Gasteiger partial charge in [-0.2, -0.15) is 0 Å². The van der Waals surface area contributed by atoms with Crippen molar-refractivity contribution < 1.29 is 8.42 Å². The second-order valence-corrected chi connectivity index (χ2v) is 6.86. The first-order chi connectivity index (χ1) is 9.94. The molecule has 3 rings (SSSR count). The molecule has 108 valence electrons. The molecule has 0 aliphatic heterocycles. The SMILES string of the molecule is Cc1ccc(S(=O)(=O)Nc2ccc3[nH]c(C)cc3c2)cc1. The van der Waals surface area contributed by atoms with E-state index in [-0.39, 0.29) is 4.90 Å². The van der Waals surface area contributed by atoms with Gasteiger partial charge in [-0.1, -0.05) is 17.7 Å². The van der Waals surface area contributed by atoms with E-state index in [0.717, 1.165) is 22.2 Å². The van der Waals surface area contributed by atoms with Gasteiger partial charge < -0.3 is 4.98 Å². The Kier molecular flexibility index (Phi) is 3.22. The molecule has 0 unspecified atom stereocenters. The first kappa shape index (κ1) is 13.7. The Bertz CT molecular complexity index is 894. The van der Waals surface area contributed by atoms with E-state index in [2.05, 4.69) is 9.71 Å². The Morgan fingerprint density at radius 1 is 0.952 bits per heavy atom. The molecule has 1 heterocycles. The number of rotatable bonds is 3. The maximum Gasteiger partial charge on any atom is 0.261 e. The lowest BCUT2D eigenvalue weighted by molar-refractivity contribution is 0.601. The van der Waals surface area contributed by atoms with Crippen molar-refractivity contribution in [1.29, 1.82) is 0 Å². The van der Waals surface area contributed by atoms with Gasteiger partial charge in [0.05, 0.1) is 4.90 Å². The van der Waals surface area contributed by atoms with E-state index in [1.54, 1.807) is 30.3 Å². The molecule has 3 aromatic rings. The summed E-state index contributed by atoms with van der Waals surface area (Å²) < 4.78 is 27.3. The fourth-order valence-corrected chi connectivity index (χ4v) is 3.32. The summed E-state index contributed by atoms with van der Waals surface area (Å²) in [6.07, 6.45) is 0. The highest BCUT2D eigenvalue weighted by atomic mass is 32.2. The Morgan fingerprint density at radius 2 is 1.67 bits per heavy atom. The highest BCUT2D eigenvalue weighted by molar-refractivity contribution is 7.92. The average Bonchev–Trinajstić information content (AvgIpc) is 2.78. The maximum absolute atomic E-state index is 12.3. The molecule has 0 saturated carbocycles. The first-order valence-electron chi connectivity index (χ1n) is 6.63. The van der Waals surface area contributed by atoms with Crippen LogP contribution < -0.4 is 4.72 Å². The van der Waals surface area contributed by atoms with Gasteiger partial charge in [0.25, 0.3) is 10.0 Å². The minimum Gasteiger partial charge on any atom is -0.359 e. The average molecular weight is 300 g/mol. The van der Waals surface area contributed by atoms with E-state index in [1.807, 2.05) is 32.0 Å². The molecule has 0 aliphatic carbocycles. The quantitative estimate of drug-likeness (QED) is 0.776. The molecular formula is C16H16N2O2S. The number of hydrogen-bond donors (Lipinski definition) is 2. The van der Waals surface area contributed by atoms with Gasteiger partial charge in [-0.3, -0.25) is 4.72 Å². The van der Waals surface area contributed by atoms with Crippen LogP contribution in [0, 0.1) is 13.8 Å². The highest BCUT2D eigenvalue weighted by Crippen LogP contribution is 2.22. The van der Waals surface area contributed by atoms with Gasteiger partial charge in [-0.25, -0.2) is 8.42 Å². The summed E-state index contributed by atoms with van der Waals surface area (Å²) in [5.74, 6) is 0. The number of benzene rings is 2. The molecule has 2 aromatic carbocycles. The van der Waals surface area contributed by atoms with E-state index in [1.165, 1.54) is 0 Å². The maximum atomic E-state index is 12.3. The zero-order valence-corrected chi connectivity index (χ0v) is 12.7. The summed E-state index contributed by atoms with van der Waals surface area (Å²) in [5, 5.41) is 0.983. The van der Waals surface area contributed by atoms with E-state index in [9.17, 15) is 8.42 Å². The molecule has 0 radical (unpaired) electrons. The molecule has 21 heavy (non-hydrogen) atoms. The van der Waals surface area contributed by atoms with Crippen molar-refractivity contribution in [3.8, 4) is 0 Å². The number of nitrogens with one attached hydrogen (secondary N) is 2. The van der Waals surface area contributed by atoms with Crippen LogP contribution in [0.1, 0.15) is 11.3 Å². The van der Waals surface area contributed by atoms with Crippen molar-refractivity contribution in [2.45, 2.75) is 18.7 Å². The predicted octanol–water partition coefficient (Wildman–Crippen LogP) is 3.59. The lowest BCUT2D eigenvalue weighted by Gasteiger charge is -2.08. The first-order valence-corrected chi connectivity index (χ1v) is 8.11. The Balaban J connectivity index is 1.94. The second kappa shape index (κ2) is 4.93. The number of H-pyrrole nitrogens is 1. The Hall–Kier alpha value is -2.27. The molecule has 0 spiro atoms. The topological polar surface area (TPSA) is 62.0 Å². The molecule has 0 saturated heterocycles. The number of anilines is 1. The lowest BCUT2D eigenvalue weighted by atomic mass is 10.2. The lowest BCUT2D eigenvalue weighted by Crippen LogP contribution is -2.12. The Labute approximate surface area is 123 Å². The van der Waals surface area contributed by atoms with Crippen LogP contribution in [0.25, 0.3) is 10.9 Å². The monoisotopic (exact) mass is 300 g/mol. The standard InChI is InChI=1S/C16H16N2O2S/c1-11-3-6-15(7-4-11)21(19,20)18-14-5-8-16-13(10-14)9-12(2)17-16/h3-10,17-18H,1-2H3. The van der Waals surface area contributed by atoms with E-state index in [4.69, 9.17) is 0 Å². The molecule has 5 heteroatoms. The van der Waals surface area contributed by atoms with Gasteiger partial charge in [0, 0.05) is 22.3 Å². The normalized spacial score (nSPS) is 11.7. The minimum atomic E-state index is -3.55. The van der Waals surface area contributed by atoms with Crippen LogP contribution >= 0.6 is 0 Å². The summed E-state index contributed by atoms with van der Waals surface area (Å²) in [5.41, 5.74) is 3.62. The van der Waals surface area contributed by atoms with Gasteiger partial charge >= 0.3 is 0 Å². The Morgan fingerprint density at radius 3 is 2.38 bits per heavy atom. The smallest absolute Gasteiger partial charge is 0.261 e. The zero-order valence-electron chi connectivity index (χ0n) is 11.8. The van der Waals surface area contributed by atoms with Crippen LogP contribution in [0.15, 0.2) is 53.4 Å². The molecule has 0 fully saturated rings. The predicted molar refractivity (Wildman–Crippen MR) is 85.0 cm³/mol. The van der Waals surface area contributed by atoms with Crippen LogP contribution in [0.5, 0.6) is 0 Å². The molecule has 2 N–H and O–H groups in total. The summed E-state index contributed by atoms with van der Waals surface area (Å²) in [7, 11) is -3.55.